The highest BCUT2D eigenvalue weighted by Crippen LogP contribution is 2.37. The third kappa shape index (κ3) is 5.44. The van der Waals surface area contributed by atoms with Gasteiger partial charge in [-0.1, -0.05) is 87.5 Å². The van der Waals surface area contributed by atoms with E-state index in [2.05, 4.69) is 94.9 Å². The lowest BCUT2D eigenvalue weighted by atomic mass is 10.0. The fraction of sp³-hybridized carbons (Fsp3) is 0.440. The zero-order chi connectivity index (χ0) is 20.6. The first-order valence-electron chi connectivity index (χ1n) is 10.5. The molecule has 2 aromatic carbocycles. The lowest BCUT2D eigenvalue weighted by Crippen LogP contribution is -2.67. The molecular formula is C25H37NOSi. The van der Waals surface area contributed by atoms with E-state index in [4.69, 9.17) is 10.2 Å². The highest BCUT2D eigenvalue weighted by molar-refractivity contribution is 6.99. The number of unbranched alkanes of at least 4 members (excludes halogenated alkanes) is 1. The molecule has 0 radical (unpaired) electrons. The van der Waals surface area contributed by atoms with Gasteiger partial charge in [0, 0.05) is 12.1 Å². The first-order chi connectivity index (χ1) is 13.3. The number of allylic oxidation sites excluding steroid dienone is 1. The Labute approximate surface area is 173 Å². The molecule has 2 nitrogen and oxygen atoms in total. The Hall–Kier alpha value is -1.68. The van der Waals surface area contributed by atoms with Gasteiger partial charge in [0.05, 0.1) is 0 Å². The van der Waals surface area contributed by atoms with Gasteiger partial charge in [0.25, 0.3) is 8.32 Å². The summed E-state index contributed by atoms with van der Waals surface area (Å²) >= 11 is 0. The molecule has 0 saturated carbocycles. The van der Waals surface area contributed by atoms with Crippen LogP contribution >= 0.6 is 0 Å². The second kappa shape index (κ2) is 10.2. The maximum Gasteiger partial charge on any atom is 0.261 e. The summed E-state index contributed by atoms with van der Waals surface area (Å²) in [6, 6.07) is 21.8. The Balaban J connectivity index is 2.37. The Morgan fingerprint density at radius 3 is 1.93 bits per heavy atom. The van der Waals surface area contributed by atoms with Crippen LogP contribution in [0.1, 0.15) is 53.4 Å². The summed E-state index contributed by atoms with van der Waals surface area (Å²) in [5.41, 5.74) is 6.42. The monoisotopic (exact) mass is 395 g/mol. The van der Waals surface area contributed by atoms with Gasteiger partial charge < -0.3 is 10.2 Å². The van der Waals surface area contributed by atoms with Gasteiger partial charge in [-0.05, 0) is 48.0 Å². The topological polar surface area (TPSA) is 35.2 Å². The molecule has 0 aliphatic heterocycles. The molecule has 0 heterocycles. The average Bonchev–Trinajstić information content (AvgIpc) is 2.66. The minimum Gasteiger partial charge on any atom is -0.405 e. The summed E-state index contributed by atoms with van der Waals surface area (Å²) in [5.74, 6) is 0. The van der Waals surface area contributed by atoms with E-state index in [1.54, 1.807) is 0 Å². The second-order valence-corrected chi connectivity index (χ2v) is 13.1. The van der Waals surface area contributed by atoms with Crippen LogP contribution in [0.15, 0.2) is 73.3 Å². The average molecular weight is 396 g/mol. The first-order valence-corrected chi connectivity index (χ1v) is 12.4. The molecule has 2 N–H and O–H groups in total. The number of nitrogens with two attached hydrogens (primary N) is 1. The Kier molecular flexibility index (Phi) is 8.23. The quantitative estimate of drug-likeness (QED) is 0.348. The van der Waals surface area contributed by atoms with Crippen molar-refractivity contribution in [2.24, 2.45) is 5.73 Å². The predicted molar refractivity (Wildman–Crippen MR) is 125 cm³/mol. The number of hydrogen-bond acceptors (Lipinski definition) is 2. The van der Waals surface area contributed by atoms with Crippen molar-refractivity contribution in [1.82, 2.24) is 0 Å². The van der Waals surface area contributed by atoms with Gasteiger partial charge in [-0.25, -0.2) is 0 Å². The van der Waals surface area contributed by atoms with Crippen molar-refractivity contribution in [3.8, 4) is 0 Å². The van der Waals surface area contributed by atoms with Crippen molar-refractivity contribution in [2.75, 3.05) is 0 Å². The van der Waals surface area contributed by atoms with E-state index in [1.807, 2.05) is 6.08 Å². The van der Waals surface area contributed by atoms with Crippen LogP contribution in [0.3, 0.4) is 0 Å². The van der Waals surface area contributed by atoms with E-state index in [0.29, 0.717) is 0 Å². The molecule has 0 aliphatic carbocycles. The summed E-state index contributed by atoms with van der Waals surface area (Å²) in [5, 5.41) is 2.64. The van der Waals surface area contributed by atoms with Crippen LogP contribution in [-0.2, 0) is 4.43 Å². The fourth-order valence-electron chi connectivity index (χ4n) is 4.11. The van der Waals surface area contributed by atoms with Crippen molar-refractivity contribution < 1.29 is 4.43 Å². The summed E-state index contributed by atoms with van der Waals surface area (Å²) in [7, 11) is -2.49. The standard InChI is InChI=1S/C25H37NOSi/c1-6-7-10-15-22(26)20-21(2)27-28(25(3,4)5,23-16-11-8-12-17-23)24-18-13-9-14-19-24/h6,8-9,11-14,16-19,21-22H,1,7,10,15,20,26H2,2-5H3/t21-,22-/m1/s1. The predicted octanol–water partition coefficient (Wildman–Crippen LogP) is 5.03. The molecule has 2 atom stereocenters. The van der Waals surface area contributed by atoms with Crippen LogP contribution in [-0.4, -0.2) is 20.5 Å². The van der Waals surface area contributed by atoms with Crippen LogP contribution in [0.2, 0.25) is 5.04 Å². The van der Waals surface area contributed by atoms with Crippen LogP contribution < -0.4 is 16.1 Å². The van der Waals surface area contributed by atoms with E-state index in [-0.39, 0.29) is 17.2 Å². The van der Waals surface area contributed by atoms with Gasteiger partial charge in [-0.15, -0.1) is 6.58 Å². The zero-order valence-corrected chi connectivity index (χ0v) is 19.0. The minimum absolute atomic E-state index is 0.00307. The molecule has 152 valence electrons. The van der Waals surface area contributed by atoms with Gasteiger partial charge in [0.15, 0.2) is 0 Å². The maximum atomic E-state index is 7.09. The summed E-state index contributed by atoms with van der Waals surface area (Å²) < 4.78 is 7.09. The highest BCUT2D eigenvalue weighted by atomic mass is 28.4. The minimum atomic E-state index is -2.49. The van der Waals surface area contributed by atoms with Gasteiger partial charge in [-0.2, -0.15) is 0 Å². The smallest absolute Gasteiger partial charge is 0.261 e. The molecule has 28 heavy (non-hydrogen) atoms. The van der Waals surface area contributed by atoms with E-state index >= 15 is 0 Å². The largest absolute Gasteiger partial charge is 0.405 e. The Morgan fingerprint density at radius 1 is 1.00 bits per heavy atom. The SMILES string of the molecule is C=CCCC[C@@H](N)C[C@@H](C)O[Si](c1ccccc1)(c1ccccc1)C(C)(C)C. The lowest BCUT2D eigenvalue weighted by molar-refractivity contribution is 0.184. The number of rotatable bonds is 10. The summed E-state index contributed by atoms with van der Waals surface area (Å²) in [6.45, 7) is 12.9. The molecule has 0 spiro atoms. The van der Waals surface area contributed by atoms with E-state index in [0.717, 1.165) is 25.7 Å². The van der Waals surface area contributed by atoms with Crippen molar-refractivity contribution in [3.05, 3.63) is 73.3 Å². The van der Waals surface area contributed by atoms with Gasteiger partial charge >= 0.3 is 0 Å². The summed E-state index contributed by atoms with van der Waals surface area (Å²) in [4.78, 5) is 0. The highest BCUT2D eigenvalue weighted by Gasteiger charge is 2.50. The van der Waals surface area contributed by atoms with Crippen LogP contribution in [0.5, 0.6) is 0 Å². The lowest BCUT2D eigenvalue weighted by Gasteiger charge is -2.45. The zero-order valence-electron chi connectivity index (χ0n) is 18.0. The van der Waals surface area contributed by atoms with Crippen molar-refractivity contribution in [3.63, 3.8) is 0 Å². The van der Waals surface area contributed by atoms with Crippen molar-refractivity contribution in [1.29, 1.82) is 0 Å². The molecule has 0 saturated heterocycles. The Bertz CT molecular complexity index is 669. The van der Waals surface area contributed by atoms with E-state index < -0.39 is 8.32 Å². The second-order valence-electron chi connectivity index (χ2n) is 8.81. The first kappa shape index (κ1) is 22.6. The van der Waals surface area contributed by atoms with Crippen LogP contribution in [0, 0.1) is 0 Å². The molecule has 2 aromatic rings. The van der Waals surface area contributed by atoms with Gasteiger partial charge in [0.1, 0.15) is 0 Å². The van der Waals surface area contributed by atoms with Crippen molar-refractivity contribution >= 4 is 18.7 Å². The Morgan fingerprint density at radius 2 is 1.50 bits per heavy atom. The molecule has 0 aliphatic rings. The molecule has 0 amide bonds. The molecule has 0 unspecified atom stereocenters. The maximum absolute atomic E-state index is 7.09. The number of hydrogen-bond donors (Lipinski definition) is 1. The third-order valence-corrected chi connectivity index (χ3v) is 10.6. The molecular weight excluding hydrogens is 358 g/mol. The molecule has 0 bridgehead atoms. The fourth-order valence-corrected chi connectivity index (χ4v) is 8.82. The molecule has 0 fully saturated rings. The van der Waals surface area contributed by atoms with Crippen molar-refractivity contribution in [2.45, 2.75) is 70.6 Å². The molecule has 0 aromatic heterocycles. The third-order valence-electron chi connectivity index (χ3n) is 5.41. The molecule has 3 heteroatoms. The van der Waals surface area contributed by atoms with Gasteiger partial charge in [-0.3, -0.25) is 0 Å². The van der Waals surface area contributed by atoms with Gasteiger partial charge in [0.2, 0.25) is 0 Å². The summed E-state index contributed by atoms with van der Waals surface area (Å²) in [6.07, 6.45) is 6.08. The van der Waals surface area contributed by atoms with E-state index in [9.17, 15) is 0 Å². The number of benzene rings is 2. The molecule has 2 rings (SSSR count). The van der Waals surface area contributed by atoms with E-state index in [1.165, 1.54) is 10.4 Å². The van der Waals surface area contributed by atoms with Crippen LogP contribution in [0.4, 0.5) is 0 Å². The van der Waals surface area contributed by atoms with Crippen LogP contribution in [0.25, 0.3) is 0 Å². The normalized spacial score (nSPS) is 14.5.